The lowest BCUT2D eigenvalue weighted by molar-refractivity contribution is -0.129. The van der Waals surface area contributed by atoms with Gasteiger partial charge in [-0.2, -0.15) is 0 Å². The SMILES string of the molecule is CCCCC1COC(=O)N1C1CCN(C(=O)CSc2ccnc3ccc(F)cc23)CC1. The summed E-state index contributed by atoms with van der Waals surface area (Å²) >= 11 is 1.41. The predicted molar refractivity (Wildman–Crippen MR) is 119 cm³/mol. The van der Waals surface area contributed by atoms with E-state index in [1.54, 1.807) is 12.3 Å². The fourth-order valence-electron chi connectivity index (χ4n) is 4.42. The molecule has 1 atom stereocenters. The Hall–Kier alpha value is -2.35. The van der Waals surface area contributed by atoms with Gasteiger partial charge in [-0.25, -0.2) is 9.18 Å². The molecule has 2 aliphatic rings. The number of hydrogen-bond donors (Lipinski definition) is 0. The maximum Gasteiger partial charge on any atom is 0.410 e. The van der Waals surface area contributed by atoms with E-state index < -0.39 is 0 Å². The third-order valence-electron chi connectivity index (χ3n) is 6.12. The third kappa shape index (κ3) is 4.95. The maximum absolute atomic E-state index is 13.6. The number of likely N-dealkylation sites (tertiary alicyclic amines) is 1. The molecule has 31 heavy (non-hydrogen) atoms. The van der Waals surface area contributed by atoms with Crippen LogP contribution in [-0.4, -0.2) is 64.3 Å². The number of pyridine rings is 1. The van der Waals surface area contributed by atoms with Gasteiger partial charge >= 0.3 is 6.09 Å². The molecule has 166 valence electrons. The number of benzene rings is 1. The number of carbonyl (C=O) groups is 2. The molecule has 0 radical (unpaired) electrons. The average Bonchev–Trinajstić information content (AvgIpc) is 3.16. The van der Waals surface area contributed by atoms with Gasteiger partial charge < -0.3 is 9.64 Å². The minimum atomic E-state index is -0.312. The zero-order valence-corrected chi connectivity index (χ0v) is 18.6. The van der Waals surface area contributed by atoms with Crippen molar-refractivity contribution < 1.29 is 18.7 Å². The molecular weight excluding hydrogens is 417 g/mol. The predicted octanol–water partition coefficient (Wildman–Crippen LogP) is 4.47. The molecule has 2 aromatic rings. The van der Waals surface area contributed by atoms with E-state index in [4.69, 9.17) is 4.74 Å². The van der Waals surface area contributed by atoms with Gasteiger partial charge in [0.25, 0.3) is 0 Å². The number of cyclic esters (lactones) is 1. The van der Waals surface area contributed by atoms with Crippen molar-refractivity contribution >= 4 is 34.7 Å². The molecule has 6 nitrogen and oxygen atoms in total. The lowest BCUT2D eigenvalue weighted by atomic mass is 10.0. The molecule has 1 unspecified atom stereocenters. The highest BCUT2D eigenvalue weighted by atomic mass is 32.2. The second-order valence-corrected chi connectivity index (χ2v) is 9.17. The summed E-state index contributed by atoms with van der Waals surface area (Å²) in [7, 11) is 0. The number of piperidine rings is 1. The van der Waals surface area contributed by atoms with Crippen LogP contribution in [0.5, 0.6) is 0 Å². The average molecular weight is 446 g/mol. The Balaban J connectivity index is 1.32. The minimum Gasteiger partial charge on any atom is -0.447 e. The quantitative estimate of drug-likeness (QED) is 0.589. The molecule has 1 aromatic carbocycles. The summed E-state index contributed by atoms with van der Waals surface area (Å²) in [6.45, 7) is 3.91. The van der Waals surface area contributed by atoms with Crippen LogP contribution < -0.4 is 0 Å². The van der Waals surface area contributed by atoms with Crippen molar-refractivity contribution in [2.45, 2.75) is 56.0 Å². The smallest absolute Gasteiger partial charge is 0.410 e. The standard InChI is InChI=1S/C23H28FN3O3S/c1-2-3-4-18-14-30-23(29)27(18)17-8-11-26(12-9-17)22(28)15-31-21-7-10-25-20-6-5-16(24)13-19(20)21/h5-7,10,13,17-18H,2-4,8-9,11-12,14-15H2,1H3. The Kier molecular flexibility index (Phi) is 6.95. The van der Waals surface area contributed by atoms with E-state index in [1.807, 2.05) is 15.9 Å². The molecule has 0 N–H and O–H groups in total. The zero-order chi connectivity index (χ0) is 21.8. The van der Waals surface area contributed by atoms with E-state index in [-0.39, 0.29) is 29.9 Å². The summed E-state index contributed by atoms with van der Waals surface area (Å²) in [6.07, 6.45) is 6.18. The molecule has 2 fully saturated rings. The van der Waals surface area contributed by atoms with Crippen LogP contribution in [0, 0.1) is 5.82 Å². The van der Waals surface area contributed by atoms with E-state index in [1.165, 1.54) is 23.9 Å². The van der Waals surface area contributed by atoms with Crippen molar-refractivity contribution in [1.29, 1.82) is 0 Å². The first kappa shape index (κ1) is 21.9. The number of unbranched alkanes of at least 4 members (excludes halogenated alkanes) is 1. The molecule has 8 heteroatoms. The Bertz CT molecular complexity index is 949. The first-order valence-corrected chi connectivity index (χ1v) is 11.9. The Labute approximate surface area is 186 Å². The van der Waals surface area contributed by atoms with Crippen molar-refractivity contribution in [1.82, 2.24) is 14.8 Å². The van der Waals surface area contributed by atoms with Crippen LogP contribution in [0.3, 0.4) is 0 Å². The van der Waals surface area contributed by atoms with E-state index in [9.17, 15) is 14.0 Å². The molecule has 4 rings (SSSR count). The van der Waals surface area contributed by atoms with Gasteiger partial charge in [-0.3, -0.25) is 14.7 Å². The normalized spacial score (nSPS) is 19.8. The molecule has 0 aliphatic carbocycles. The third-order valence-corrected chi connectivity index (χ3v) is 7.18. The first-order valence-electron chi connectivity index (χ1n) is 11.0. The number of hydrogen-bond acceptors (Lipinski definition) is 5. The number of aromatic nitrogens is 1. The van der Waals surface area contributed by atoms with Crippen LogP contribution in [-0.2, 0) is 9.53 Å². The molecule has 2 saturated heterocycles. The number of rotatable bonds is 7. The number of fused-ring (bicyclic) bond motifs is 1. The summed E-state index contributed by atoms with van der Waals surface area (Å²) < 4.78 is 19.0. The molecule has 2 amide bonds. The summed E-state index contributed by atoms with van der Waals surface area (Å²) in [4.78, 5) is 33.9. The van der Waals surface area contributed by atoms with Gasteiger partial charge in [0.15, 0.2) is 0 Å². The molecule has 2 aliphatic heterocycles. The molecule has 3 heterocycles. The van der Waals surface area contributed by atoms with Gasteiger partial charge in [0.2, 0.25) is 5.91 Å². The van der Waals surface area contributed by atoms with Gasteiger partial charge in [0, 0.05) is 35.6 Å². The lowest BCUT2D eigenvalue weighted by Crippen LogP contribution is -2.50. The number of halogens is 1. The van der Waals surface area contributed by atoms with Gasteiger partial charge in [-0.15, -0.1) is 11.8 Å². The Morgan fingerprint density at radius 1 is 1.29 bits per heavy atom. The van der Waals surface area contributed by atoms with Crippen LogP contribution in [0.4, 0.5) is 9.18 Å². The van der Waals surface area contributed by atoms with E-state index in [0.717, 1.165) is 47.9 Å². The van der Waals surface area contributed by atoms with Gasteiger partial charge in [-0.05, 0) is 43.5 Å². The van der Waals surface area contributed by atoms with Gasteiger partial charge in [0.1, 0.15) is 12.4 Å². The van der Waals surface area contributed by atoms with Crippen molar-refractivity contribution in [2.75, 3.05) is 25.4 Å². The van der Waals surface area contributed by atoms with Crippen LogP contribution in [0.1, 0.15) is 39.0 Å². The summed E-state index contributed by atoms with van der Waals surface area (Å²) in [5.74, 6) is 0.0512. The van der Waals surface area contributed by atoms with E-state index in [2.05, 4.69) is 11.9 Å². The number of amides is 2. The molecule has 0 spiro atoms. The monoisotopic (exact) mass is 445 g/mol. The van der Waals surface area contributed by atoms with Crippen molar-refractivity contribution in [3.63, 3.8) is 0 Å². The Morgan fingerprint density at radius 2 is 2.10 bits per heavy atom. The number of carbonyl (C=O) groups excluding carboxylic acids is 2. The largest absolute Gasteiger partial charge is 0.447 e. The highest BCUT2D eigenvalue weighted by molar-refractivity contribution is 8.00. The molecule has 1 aromatic heterocycles. The van der Waals surface area contributed by atoms with E-state index in [0.29, 0.717) is 25.4 Å². The summed E-state index contributed by atoms with van der Waals surface area (Å²) in [5.41, 5.74) is 0.717. The number of nitrogens with zero attached hydrogens (tertiary/aromatic N) is 3. The zero-order valence-electron chi connectivity index (χ0n) is 17.8. The van der Waals surface area contributed by atoms with Gasteiger partial charge in [0.05, 0.1) is 17.3 Å². The molecular formula is C23H28FN3O3S. The fourth-order valence-corrected chi connectivity index (χ4v) is 5.36. The van der Waals surface area contributed by atoms with Crippen LogP contribution in [0.15, 0.2) is 35.4 Å². The second kappa shape index (κ2) is 9.85. The molecule has 0 bridgehead atoms. The van der Waals surface area contributed by atoms with Crippen molar-refractivity contribution in [3.8, 4) is 0 Å². The highest BCUT2D eigenvalue weighted by Crippen LogP contribution is 2.29. The summed E-state index contributed by atoms with van der Waals surface area (Å²) in [5, 5.41) is 0.727. The van der Waals surface area contributed by atoms with E-state index >= 15 is 0 Å². The topological polar surface area (TPSA) is 62.7 Å². The highest BCUT2D eigenvalue weighted by Gasteiger charge is 2.39. The number of ether oxygens (including phenoxy) is 1. The lowest BCUT2D eigenvalue weighted by Gasteiger charge is -2.38. The van der Waals surface area contributed by atoms with Crippen molar-refractivity contribution in [2.24, 2.45) is 0 Å². The maximum atomic E-state index is 13.6. The number of thioether (sulfide) groups is 1. The van der Waals surface area contributed by atoms with Crippen LogP contribution in [0.2, 0.25) is 0 Å². The molecule has 0 saturated carbocycles. The second-order valence-electron chi connectivity index (χ2n) is 8.15. The fraction of sp³-hybridized carbons (Fsp3) is 0.522. The van der Waals surface area contributed by atoms with Gasteiger partial charge in [-0.1, -0.05) is 19.8 Å². The Morgan fingerprint density at radius 3 is 2.87 bits per heavy atom. The first-order chi connectivity index (χ1) is 15.1. The van der Waals surface area contributed by atoms with Crippen molar-refractivity contribution in [3.05, 3.63) is 36.3 Å². The van der Waals surface area contributed by atoms with Crippen LogP contribution in [0.25, 0.3) is 10.9 Å². The summed E-state index contributed by atoms with van der Waals surface area (Å²) in [6, 6.07) is 6.63. The van der Waals surface area contributed by atoms with Crippen LogP contribution >= 0.6 is 11.8 Å². The minimum absolute atomic E-state index is 0.0661.